The van der Waals surface area contributed by atoms with Crippen molar-refractivity contribution in [3.05, 3.63) is 48.5 Å². The molecule has 0 saturated carbocycles. The first-order valence-electron chi connectivity index (χ1n) is 9.49. The Hall–Kier alpha value is -2.83. The van der Waals surface area contributed by atoms with Crippen LogP contribution in [0.25, 0.3) is 0 Å². The molecule has 1 aliphatic rings. The molecule has 0 radical (unpaired) electrons. The molecule has 1 amide bonds. The highest BCUT2D eigenvalue weighted by Gasteiger charge is 2.17. The van der Waals surface area contributed by atoms with E-state index in [1.165, 1.54) is 37.1 Å². The first kappa shape index (κ1) is 19.9. The lowest BCUT2D eigenvalue weighted by atomic mass is 10.1. The van der Waals surface area contributed by atoms with Crippen LogP contribution in [0.4, 0.5) is 25.8 Å². The zero-order chi connectivity index (χ0) is 19.9. The Kier molecular flexibility index (Phi) is 6.68. The van der Waals surface area contributed by atoms with Crippen molar-refractivity contribution < 1.29 is 18.3 Å². The average Bonchev–Trinajstić information content (AvgIpc) is 2.70. The van der Waals surface area contributed by atoms with Crippen LogP contribution < -0.4 is 20.3 Å². The van der Waals surface area contributed by atoms with Gasteiger partial charge < -0.3 is 20.3 Å². The van der Waals surface area contributed by atoms with Crippen molar-refractivity contribution in [1.29, 1.82) is 0 Å². The minimum atomic E-state index is -2.95. The van der Waals surface area contributed by atoms with Crippen molar-refractivity contribution in [3.8, 4) is 5.75 Å². The first-order chi connectivity index (χ1) is 13.5. The number of amides is 1. The number of para-hydroxylation sites is 2. The van der Waals surface area contributed by atoms with Gasteiger partial charge in [-0.25, -0.2) is 0 Å². The molecule has 0 aromatic heterocycles. The Morgan fingerprint density at radius 2 is 1.71 bits per heavy atom. The fourth-order valence-corrected chi connectivity index (χ4v) is 3.25. The first-order valence-corrected chi connectivity index (χ1v) is 9.49. The number of piperidine rings is 1. The van der Waals surface area contributed by atoms with E-state index in [2.05, 4.69) is 20.3 Å². The molecule has 1 fully saturated rings. The highest BCUT2D eigenvalue weighted by molar-refractivity contribution is 5.97. The Morgan fingerprint density at radius 3 is 2.39 bits per heavy atom. The predicted molar refractivity (Wildman–Crippen MR) is 107 cm³/mol. The molecule has 5 nitrogen and oxygen atoms in total. The summed E-state index contributed by atoms with van der Waals surface area (Å²) in [6, 6.07) is 13.6. The SMILES string of the molecule is C[C@H](Nc1ccc(N2CCCCC2)cc1)C(=O)Nc1ccccc1OC(F)F. The van der Waals surface area contributed by atoms with Crippen LogP contribution in [0.5, 0.6) is 5.75 Å². The van der Waals surface area contributed by atoms with E-state index in [4.69, 9.17) is 0 Å². The molecule has 2 aromatic carbocycles. The van der Waals surface area contributed by atoms with Crippen LogP contribution >= 0.6 is 0 Å². The Labute approximate surface area is 163 Å². The highest BCUT2D eigenvalue weighted by atomic mass is 19.3. The third kappa shape index (κ3) is 5.34. The quantitative estimate of drug-likeness (QED) is 0.720. The molecule has 3 rings (SSSR count). The third-order valence-corrected chi connectivity index (χ3v) is 4.73. The van der Waals surface area contributed by atoms with Crippen molar-refractivity contribution in [1.82, 2.24) is 0 Å². The third-order valence-electron chi connectivity index (χ3n) is 4.73. The summed E-state index contributed by atoms with van der Waals surface area (Å²) in [6.07, 6.45) is 3.72. The van der Waals surface area contributed by atoms with Crippen LogP contribution in [-0.4, -0.2) is 31.7 Å². The van der Waals surface area contributed by atoms with E-state index in [0.29, 0.717) is 0 Å². The van der Waals surface area contributed by atoms with E-state index in [9.17, 15) is 13.6 Å². The van der Waals surface area contributed by atoms with Crippen molar-refractivity contribution >= 4 is 23.0 Å². The molecule has 1 aliphatic heterocycles. The van der Waals surface area contributed by atoms with Crippen molar-refractivity contribution in [3.63, 3.8) is 0 Å². The number of hydrogen-bond acceptors (Lipinski definition) is 4. The second kappa shape index (κ2) is 9.39. The van der Waals surface area contributed by atoms with Gasteiger partial charge in [0.15, 0.2) is 0 Å². The van der Waals surface area contributed by atoms with Gasteiger partial charge in [0.05, 0.1) is 5.69 Å². The molecule has 0 bridgehead atoms. The molecule has 0 unspecified atom stereocenters. The minimum absolute atomic E-state index is 0.0658. The monoisotopic (exact) mass is 389 g/mol. The summed E-state index contributed by atoms with van der Waals surface area (Å²) in [6.45, 7) is 0.911. The number of halogens is 2. The number of carbonyl (C=O) groups excluding carboxylic acids is 1. The maximum Gasteiger partial charge on any atom is 0.387 e. The molecule has 150 valence electrons. The van der Waals surface area contributed by atoms with Crippen LogP contribution in [-0.2, 0) is 4.79 Å². The van der Waals surface area contributed by atoms with Crippen molar-refractivity contribution in [2.45, 2.75) is 38.8 Å². The molecule has 2 N–H and O–H groups in total. The maximum absolute atomic E-state index is 12.5. The van der Waals surface area contributed by atoms with Gasteiger partial charge in [0.25, 0.3) is 0 Å². The molecule has 0 aliphatic carbocycles. The van der Waals surface area contributed by atoms with E-state index in [1.807, 2.05) is 24.3 Å². The van der Waals surface area contributed by atoms with Crippen LogP contribution in [0.2, 0.25) is 0 Å². The summed E-state index contributed by atoms with van der Waals surface area (Å²) in [5, 5.41) is 5.76. The molecule has 2 aromatic rings. The lowest BCUT2D eigenvalue weighted by molar-refractivity contribution is -0.116. The lowest BCUT2D eigenvalue weighted by Crippen LogP contribution is -2.32. The zero-order valence-corrected chi connectivity index (χ0v) is 15.8. The van der Waals surface area contributed by atoms with Gasteiger partial charge in [-0.3, -0.25) is 4.79 Å². The van der Waals surface area contributed by atoms with Gasteiger partial charge in [0.2, 0.25) is 5.91 Å². The molecule has 1 saturated heterocycles. The summed E-state index contributed by atoms with van der Waals surface area (Å²) >= 11 is 0. The van der Waals surface area contributed by atoms with Crippen molar-refractivity contribution in [2.75, 3.05) is 28.6 Å². The van der Waals surface area contributed by atoms with Gasteiger partial charge in [0, 0.05) is 24.5 Å². The van der Waals surface area contributed by atoms with E-state index < -0.39 is 12.7 Å². The molecule has 1 atom stereocenters. The second-order valence-electron chi connectivity index (χ2n) is 6.82. The molecule has 0 spiro atoms. The molecular weight excluding hydrogens is 364 g/mol. The highest BCUT2D eigenvalue weighted by Crippen LogP contribution is 2.26. The van der Waals surface area contributed by atoms with E-state index in [1.54, 1.807) is 19.1 Å². The Balaban J connectivity index is 1.58. The van der Waals surface area contributed by atoms with Gasteiger partial charge in [-0.1, -0.05) is 12.1 Å². The van der Waals surface area contributed by atoms with Gasteiger partial charge in [-0.15, -0.1) is 0 Å². The Bertz CT molecular complexity index is 777. The van der Waals surface area contributed by atoms with E-state index in [-0.39, 0.29) is 17.3 Å². The van der Waals surface area contributed by atoms with E-state index in [0.717, 1.165) is 18.8 Å². The number of hydrogen-bond donors (Lipinski definition) is 2. The number of nitrogens with one attached hydrogen (secondary N) is 2. The maximum atomic E-state index is 12.5. The smallest absolute Gasteiger partial charge is 0.387 e. The van der Waals surface area contributed by atoms with Gasteiger partial charge >= 0.3 is 6.61 Å². The van der Waals surface area contributed by atoms with Crippen LogP contribution in [0.3, 0.4) is 0 Å². The largest absolute Gasteiger partial charge is 0.433 e. The van der Waals surface area contributed by atoms with Crippen LogP contribution in [0.1, 0.15) is 26.2 Å². The number of anilines is 3. The fourth-order valence-electron chi connectivity index (χ4n) is 3.25. The van der Waals surface area contributed by atoms with Gasteiger partial charge in [-0.2, -0.15) is 8.78 Å². The zero-order valence-electron chi connectivity index (χ0n) is 15.8. The van der Waals surface area contributed by atoms with Crippen LogP contribution in [0.15, 0.2) is 48.5 Å². The summed E-state index contributed by atoms with van der Waals surface area (Å²) in [4.78, 5) is 14.8. The Morgan fingerprint density at radius 1 is 1.04 bits per heavy atom. The predicted octanol–water partition coefficient (Wildman–Crippen LogP) is 4.72. The number of nitrogens with zero attached hydrogens (tertiary/aromatic N) is 1. The molecule has 7 heteroatoms. The van der Waals surface area contributed by atoms with Gasteiger partial charge in [-0.05, 0) is 62.6 Å². The standard InChI is InChI=1S/C21H25F2N3O2/c1-15(20(27)25-18-7-3-4-8-19(18)28-21(22)23)24-16-9-11-17(12-10-16)26-13-5-2-6-14-26/h3-4,7-12,15,21,24H,2,5-6,13-14H2,1H3,(H,25,27)/t15-/m0/s1. The number of ether oxygens (including phenoxy) is 1. The lowest BCUT2D eigenvalue weighted by Gasteiger charge is -2.29. The second-order valence-corrected chi connectivity index (χ2v) is 6.82. The summed E-state index contributed by atoms with van der Waals surface area (Å²) in [5.74, 6) is -0.408. The summed E-state index contributed by atoms with van der Waals surface area (Å²) < 4.78 is 29.4. The number of alkyl halides is 2. The van der Waals surface area contributed by atoms with Crippen molar-refractivity contribution in [2.24, 2.45) is 0 Å². The van der Waals surface area contributed by atoms with Gasteiger partial charge in [0.1, 0.15) is 11.8 Å². The molecule has 28 heavy (non-hydrogen) atoms. The average molecular weight is 389 g/mol. The minimum Gasteiger partial charge on any atom is -0.433 e. The number of benzene rings is 2. The molecular formula is C21H25F2N3O2. The van der Waals surface area contributed by atoms with E-state index >= 15 is 0 Å². The summed E-state index contributed by atoms with van der Waals surface area (Å²) in [7, 11) is 0. The summed E-state index contributed by atoms with van der Waals surface area (Å²) in [5.41, 5.74) is 2.21. The van der Waals surface area contributed by atoms with Crippen LogP contribution in [0, 0.1) is 0 Å². The number of rotatable bonds is 7. The number of carbonyl (C=O) groups is 1. The fraction of sp³-hybridized carbons (Fsp3) is 0.381. The normalized spacial score (nSPS) is 15.2. The molecule has 1 heterocycles. The topological polar surface area (TPSA) is 53.6 Å².